The number of hydrogen-bond acceptors (Lipinski definition) is 3. The number of rotatable bonds is 15. The third-order valence-electron chi connectivity index (χ3n) is 3.43. The molecule has 0 aromatic rings. The summed E-state index contributed by atoms with van der Waals surface area (Å²) in [5, 5.41) is 17.4. The van der Waals surface area contributed by atoms with Gasteiger partial charge in [0.1, 0.15) is 5.76 Å². The molecule has 0 rings (SSSR count). The third-order valence-corrected chi connectivity index (χ3v) is 3.43. The molecule has 4 heteroatoms. The van der Waals surface area contributed by atoms with Gasteiger partial charge in [-0.15, -0.1) is 0 Å². The van der Waals surface area contributed by atoms with Crippen LogP contribution in [0.1, 0.15) is 71.1 Å². The van der Waals surface area contributed by atoms with Crippen LogP contribution in [0.2, 0.25) is 0 Å². The molecular weight excluding hydrogens is 304 g/mol. The van der Waals surface area contributed by atoms with E-state index in [0.717, 1.165) is 25.7 Å². The van der Waals surface area contributed by atoms with E-state index in [0.29, 0.717) is 18.6 Å². The molecule has 136 valence electrons. The molecule has 4 nitrogen and oxygen atoms in total. The van der Waals surface area contributed by atoms with E-state index in [9.17, 15) is 4.79 Å². The third kappa shape index (κ3) is 16.6. The summed E-state index contributed by atoms with van der Waals surface area (Å²) < 4.78 is 0. The van der Waals surface area contributed by atoms with Crippen LogP contribution in [0.3, 0.4) is 0 Å². The number of aliphatic carboxylic acids is 1. The molecule has 0 spiro atoms. The van der Waals surface area contributed by atoms with Crippen molar-refractivity contribution in [3.8, 4) is 0 Å². The van der Waals surface area contributed by atoms with Gasteiger partial charge in [-0.2, -0.15) is 0 Å². The summed E-state index contributed by atoms with van der Waals surface area (Å²) in [7, 11) is 0. The van der Waals surface area contributed by atoms with Crippen LogP contribution in [0.15, 0.2) is 48.3 Å². The summed E-state index contributed by atoms with van der Waals surface area (Å²) in [6.45, 7) is 2.19. The van der Waals surface area contributed by atoms with Gasteiger partial charge in [0.05, 0.1) is 0 Å². The summed E-state index contributed by atoms with van der Waals surface area (Å²) in [5.74, 6) is -0.197. The topological polar surface area (TPSA) is 66.8 Å². The van der Waals surface area contributed by atoms with Gasteiger partial charge in [0.25, 0.3) is 0 Å². The van der Waals surface area contributed by atoms with Gasteiger partial charge in [-0.3, -0.25) is 4.79 Å². The Kier molecular flexibility index (Phi) is 16.2. The highest BCUT2D eigenvalue weighted by molar-refractivity contribution is 5.66. The Morgan fingerprint density at radius 1 is 0.917 bits per heavy atom. The van der Waals surface area contributed by atoms with Crippen molar-refractivity contribution in [1.29, 1.82) is 0 Å². The molecule has 0 aliphatic rings. The van der Waals surface area contributed by atoms with Crippen molar-refractivity contribution in [3.05, 3.63) is 48.3 Å². The Bertz CT molecular complexity index is 419. The van der Waals surface area contributed by atoms with Crippen LogP contribution in [0.25, 0.3) is 0 Å². The second-order valence-electron chi connectivity index (χ2n) is 5.63. The van der Waals surface area contributed by atoms with Crippen LogP contribution in [-0.2, 0) is 9.68 Å². The van der Waals surface area contributed by atoms with E-state index in [1.165, 1.54) is 19.3 Å². The monoisotopic (exact) mass is 336 g/mol. The number of unbranched alkanes of at least 4 members (excludes halogenated alkanes) is 4. The van der Waals surface area contributed by atoms with Gasteiger partial charge < -0.3 is 9.99 Å². The van der Waals surface area contributed by atoms with Crippen molar-refractivity contribution in [3.63, 3.8) is 0 Å². The van der Waals surface area contributed by atoms with E-state index in [1.54, 1.807) is 0 Å². The van der Waals surface area contributed by atoms with Crippen molar-refractivity contribution in [2.45, 2.75) is 71.1 Å². The Morgan fingerprint density at radius 2 is 1.58 bits per heavy atom. The molecule has 0 amide bonds. The normalized spacial score (nSPS) is 12.7. The fraction of sp³-hybridized carbons (Fsp3) is 0.550. The van der Waals surface area contributed by atoms with E-state index in [-0.39, 0.29) is 6.42 Å². The minimum absolute atomic E-state index is 0.217. The van der Waals surface area contributed by atoms with Crippen molar-refractivity contribution in [2.24, 2.45) is 0 Å². The molecule has 0 aliphatic heterocycles. The van der Waals surface area contributed by atoms with Gasteiger partial charge in [0.15, 0.2) is 0 Å². The molecule has 0 fully saturated rings. The lowest BCUT2D eigenvalue weighted by Crippen LogP contribution is -1.92. The molecule has 0 unspecified atom stereocenters. The molecule has 24 heavy (non-hydrogen) atoms. The fourth-order valence-corrected chi connectivity index (χ4v) is 2.04. The number of hydrogen-bond donors (Lipinski definition) is 2. The number of carbonyl (C=O) groups is 1. The van der Waals surface area contributed by atoms with Gasteiger partial charge in [-0.05, 0) is 44.6 Å². The lowest BCUT2D eigenvalue weighted by atomic mass is 10.2. The van der Waals surface area contributed by atoms with E-state index < -0.39 is 5.97 Å². The maximum atomic E-state index is 10.3. The van der Waals surface area contributed by atoms with Crippen LogP contribution in [0.4, 0.5) is 0 Å². The summed E-state index contributed by atoms with van der Waals surface area (Å²) in [4.78, 5) is 14.7. The van der Waals surface area contributed by atoms with Crippen molar-refractivity contribution in [1.82, 2.24) is 0 Å². The zero-order chi connectivity index (χ0) is 17.9. The molecule has 0 saturated heterocycles. The Balaban J connectivity index is 3.80. The lowest BCUT2D eigenvalue weighted by Gasteiger charge is -1.98. The Hall–Kier alpha value is -1.81. The molecule has 2 N–H and O–H groups in total. The zero-order valence-corrected chi connectivity index (χ0v) is 14.8. The lowest BCUT2D eigenvalue weighted by molar-refractivity contribution is -0.204. The number of allylic oxidation sites excluding steroid dienone is 7. The van der Waals surface area contributed by atoms with Crippen LogP contribution in [-0.4, -0.2) is 16.3 Å². The minimum atomic E-state index is -0.748. The van der Waals surface area contributed by atoms with Crippen molar-refractivity contribution < 1.29 is 20.0 Å². The highest BCUT2D eigenvalue weighted by Crippen LogP contribution is 2.07. The first-order valence-electron chi connectivity index (χ1n) is 8.88. The molecule has 0 heterocycles. The van der Waals surface area contributed by atoms with Gasteiger partial charge in [-0.25, -0.2) is 5.26 Å². The first kappa shape index (κ1) is 22.2. The minimum Gasteiger partial charge on any atom is -0.481 e. The van der Waals surface area contributed by atoms with E-state index in [4.69, 9.17) is 10.4 Å². The van der Waals surface area contributed by atoms with E-state index >= 15 is 0 Å². The smallest absolute Gasteiger partial charge is 0.303 e. The van der Waals surface area contributed by atoms with Gasteiger partial charge >= 0.3 is 5.97 Å². The SMILES string of the molecule is CCCCC/C=C\C/C=C(/C/C=C\C/C=C\CCCC(=O)O)OO. The number of carboxylic acid groups (broad SMARTS) is 1. The average Bonchev–Trinajstić information content (AvgIpc) is 2.57. The predicted octanol–water partition coefficient (Wildman–Crippen LogP) is 6.03. The molecule has 0 saturated carbocycles. The summed E-state index contributed by atoms with van der Waals surface area (Å²) >= 11 is 0. The molecule has 0 radical (unpaired) electrons. The zero-order valence-electron chi connectivity index (χ0n) is 14.8. The fourth-order valence-electron chi connectivity index (χ4n) is 2.04. The predicted molar refractivity (Wildman–Crippen MR) is 98.7 cm³/mol. The van der Waals surface area contributed by atoms with Crippen LogP contribution in [0.5, 0.6) is 0 Å². The quantitative estimate of drug-likeness (QED) is 0.126. The maximum Gasteiger partial charge on any atom is 0.303 e. The van der Waals surface area contributed by atoms with Gasteiger partial charge in [0.2, 0.25) is 0 Å². The average molecular weight is 336 g/mol. The van der Waals surface area contributed by atoms with Crippen molar-refractivity contribution >= 4 is 5.97 Å². The van der Waals surface area contributed by atoms with Gasteiger partial charge in [-0.1, -0.05) is 56.2 Å². The molecule has 0 aromatic heterocycles. The molecular formula is C20H32O4. The molecule has 0 aliphatic carbocycles. The van der Waals surface area contributed by atoms with Crippen molar-refractivity contribution in [2.75, 3.05) is 0 Å². The van der Waals surface area contributed by atoms with E-state index in [1.807, 2.05) is 30.4 Å². The van der Waals surface area contributed by atoms with Crippen LogP contribution in [0, 0.1) is 0 Å². The highest BCUT2D eigenvalue weighted by Gasteiger charge is 1.94. The second-order valence-corrected chi connectivity index (χ2v) is 5.63. The number of carboxylic acids is 1. The molecule has 0 bridgehead atoms. The summed E-state index contributed by atoms with van der Waals surface area (Å²) in [5.41, 5.74) is 0. The summed E-state index contributed by atoms with van der Waals surface area (Å²) in [6, 6.07) is 0. The maximum absolute atomic E-state index is 10.3. The Labute approximate surface area is 146 Å². The van der Waals surface area contributed by atoms with E-state index in [2.05, 4.69) is 24.0 Å². The summed E-state index contributed by atoms with van der Waals surface area (Å²) in [6.07, 6.45) is 22.7. The second kappa shape index (κ2) is 17.5. The van der Waals surface area contributed by atoms with Crippen LogP contribution >= 0.6 is 0 Å². The largest absolute Gasteiger partial charge is 0.481 e. The molecule has 0 atom stereocenters. The van der Waals surface area contributed by atoms with Gasteiger partial charge in [0, 0.05) is 12.8 Å². The Morgan fingerprint density at radius 3 is 2.25 bits per heavy atom. The molecule has 0 aromatic carbocycles. The first-order valence-corrected chi connectivity index (χ1v) is 8.88. The first-order chi connectivity index (χ1) is 11.7. The van der Waals surface area contributed by atoms with Crippen LogP contribution < -0.4 is 0 Å². The standard InChI is InChI=1S/C20H32O4/c1-2-3-4-5-7-10-13-16-19(24-23)17-14-11-8-6-9-12-15-18-20(21)22/h6-7,9-11,14,16,23H,2-5,8,12-13,15,17-18H2,1H3,(H,21,22)/b9-6-,10-7-,14-11-,19-16-. The highest BCUT2D eigenvalue weighted by atomic mass is 17.1.